The van der Waals surface area contributed by atoms with Crippen molar-refractivity contribution >= 4 is 29.0 Å². The van der Waals surface area contributed by atoms with Gasteiger partial charge in [0.05, 0.1) is 22.6 Å². The number of rotatable bonds is 3. The van der Waals surface area contributed by atoms with Gasteiger partial charge in [-0.25, -0.2) is 14.2 Å². The van der Waals surface area contributed by atoms with E-state index in [1.54, 1.807) is 33.7 Å². The van der Waals surface area contributed by atoms with Gasteiger partial charge in [0.25, 0.3) is 5.91 Å². The van der Waals surface area contributed by atoms with Gasteiger partial charge in [0, 0.05) is 18.5 Å². The fraction of sp³-hybridized carbons (Fsp3) is 0.111. The number of carbonyl (C=O) groups is 1. The second-order valence-electron chi connectivity index (χ2n) is 5.94. The highest BCUT2D eigenvalue weighted by Gasteiger charge is 2.18. The first-order chi connectivity index (χ1) is 12.5. The molecule has 4 aromatic rings. The first kappa shape index (κ1) is 16.3. The third-order valence-corrected chi connectivity index (χ3v) is 4.25. The summed E-state index contributed by atoms with van der Waals surface area (Å²) in [6.45, 7) is 3.83. The first-order valence-corrected chi connectivity index (χ1v) is 8.33. The van der Waals surface area contributed by atoms with Crippen LogP contribution in [0.1, 0.15) is 21.6 Å². The summed E-state index contributed by atoms with van der Waals surface area (Å²) in [5.74, 6) is 0.207. The lowest BCUT2D eigenvalue weighted by atomic mass is 10.2. The normalized spacial score (nSPS) is 11.0. The summed E-state index contributed by atoms with van der Waals surface area (Å²) in [6.07, 6.45) is 4.85. The zero-order valence-corrected chi connectivity index (χ0v) is 14.9. The van der Waals surface area contributed by atoms with Gasteiger partial charge in [0.15, 0.2) is 5.65 Å². The molecule has 3 aromatic heterocycles. The number of halogens is 1. The third-order valence-electron chi connectivity index (χ3n) is 3.93. The van der Waals surface area contributed by atoms with Crippen molar-refractivity contribution in [2.75, 3.05) is 5.32 Å². The molecule has 0 aliphatic rings. The Morgan fingerprint density at radius 1 is 1.23 bits per heavy atom. The van der Waals surface area contributed by atoms with Crippen molar-refractivity contribution in [2.45, 2.75) is 13.8 Å². The van der Waals surface area contributed by atoms with Gasteiger partial charge >= 0.3 is 0 Å². The van der Waals surface area contributed by atoms with Gasteiger partial charge in [0.2, 0.25) is 0 Å². The summed E-state index contributed by atoms with van der Waals surface area (Å²) < 4.78 is 3.18. The van der Waals surface area contributed by atoms with Crippen LogP contribution in [0.25, 0.3) is 11.3 Å². The first-order valence-electron chi connectivity index (χ1n) is 7.96. The van der Waals surface area contributed by atoms with Crippen LogP contribution in [-0.4, -0.2) is 30.3 Å². The number of fused-ring (bicyclic) bond motifs is 1. The fourth-order valence-electron chi connectivity index (χ4n) is 2.73. The predicted molar refractivity (Wildman–Crippen MR) is 99.0 cm³/mol. The number of aryl methyl sites for hydroxylation is 2. The van der Waals surface area contributed by atoms with Gasteiger partial charge in [-0.2, -0.15) is 10.2 Å². The molecule has 0 fully saturated rings. The maximum Gasteiger partial charge on any atom is 0.262 e. The molecule has 0 unspecified atom stereocenters. The molecule has 1 N–H and O–H groups in total. The van der Waals surface area contributed by atoms with Gasteiger partial charge in [0.1, 0.15) is 11.4 Å². The van der Waals surface area contributed by atoms with Crippen molar-refractivity contribution in [2.24, 2.45) is 0 Å². The molecule has 26 heavy (non-hydrogen) atoms. The topological polar surface area (TPSA) is 77.1 Å². The number of carbonyl (C=O) groups excluding carboxylic acids is 1. The maximum atomic E-state index is 12.8. The summed E-state index contributed by atoms with van der Waals surface area (Å²) in [7, 11) is 0. The van der Waals surface area contributed by atoms with E-state index in [0.717, 1.165) is 11.3 Å². The highest BCUT2D eigenvalue weighted by Crippen LogP contribution is 2.26. The molecule has 8 heteroatoms. The average Bonchev–Trinajstić information content (AvgIpc) is 3.20. The van der Waals surface area contributed by atoms with E-state index in [1.165, 1.54) is 6.20 Å². The van der Waals surface area contributed by atoms with Crippen LogP contribution in [0.3, 0.4) is 0 Å². The van der Waals surface area contributed by atoms with Crippen molar-refractivity contribution in [3.63, 3.8) is 0 Å². The summed E-state index contributed by atoms with van der Waals surface area (Å²) in [5, 5.41) is 12.0. The minimum atomic E-state index is -0.316. The molecular weight excluding hydrogens is 352 g/mol. The molecule has 0 saturated heterocycles. The minimum absolute atomic E-state index is 0.316. The Morgan fingerprint density at radius 3 is 2.92 bits per heavy atom. The highest BCUT2D eigenvalue weighted by atomic mass is 35.5. The number of aromatic nitrogens is 5. The minimum Gasteiger partial charge on any atom is -0.306 e. The second kappa shape index (κ2) is 6.27. The zero-order chi connectivity index (χ0) is 18.3. The molecule has 3 heterocycles. The second-order valence-corrected chi connectivity index (χ2v) is 6.35. The van der Waals surface area contributed by atoms with E-state index >= 15 is 0 Å². The number of benzene rings is 1. The van der Waals surface area contributed by atoms with E-state index < -0.39 is 0 Å². The Kier molecular flexibility index (Phi) is 3.93. The van der Waals surface area contributed by atoms with Crippen molar-refractivity contribution in [3.05, 3.63) is 70.8 Å². The van der Waals surface area contributed by atoms with E-state index in [4.69, 9.17) is 11.6 Å². The Bertz CT molecular complexity index is 1130. The third kappa shape index (κ3) is 2.82. The summed E-state index contributed by atoms with van der Waals surface area (Å²) in [6, 6.07) is 9.19. The van der Waals surface area contributed by atoms with Crippen LogP contribution in [0.15, 0.2) is 48.9 Å². The van der Waals surface area contributed by atoms with Crippen LogP contribution in [0.4, 0.5) is 5.82 Å². The van der Waals surface area contributed by atoms with Crippen LogP contribution < -0.4 is 5.32 Å². The van der Waals surface area contributed by atoms with Crippen LogP contribution in [-0.2, 0) is 0 Å². The molecular formula is C18H15ClN6O. The Labute approximate surface area is 154 Å². The molecule has 0 aliphatic carbocycles. The SMILES string of the molecule is Cc1ccc(Cl)c(-n2nc(C)cc2NC(=O)c2cnn3cccnc23)c1. The number of hydrogen-bond donors (Lipinski definition) is 1. The Balaban J connectivity index is 1.73. The molecule has 0 atom stereocenters. The number of nitrogens with zero attached hydrogens (tertiary/aromatic N) is 5. The molecule has 0 bridgehead atoms. The fourth-order valence-corrected chi connectivity index (χ4v) is 2.93. The molecule has 130 valence electrons. The van der Waals surface area contributed by atoms with Gasteiger partial charge in [-0.3, -0.25) is 4.79 Å². The van der Waals surface area contributed by atoms with Crippen LogP contribution in [0.2, 0.25) is 5.02 Å². The molecule has 1 aromatic carbocycles. The maximum absolute atomic E-state index is 12.8. The number of amides is 1. The number of hydrogen-bond acceptors (Lipinski definition) is 4. The number of nitrogens with one attached hydrogen (secondary N) is 1. The van der Waals surface area contributed by atoms with Crippen molar-refractivity contribution in [1.82, 2.24) is 24.4 Å². The largest absolute Gasteiger partial charge is 0.306 e. The van der Waals surface area contributed by atoms with E-state index in [2.05, 4.69) is 20.5 Å². The van der Waals surface area contributed by atoms with E-state index in [-0.39, 0.29) is 5.91 Å². The number of anilines is 1. The summed E-state index contributed by atoms with van der Waals surface area (Å²) >= 11 is 6.33. The van der Waals surface area contributed by atoms with Gasteiger partial charge < -0.3 is 5.32 Å². The molecule has 1 amide bonds. The quantitative estimate of drug-likeness (QED) is 0.602. The van der Waals surface area contributed by atoms with Crippen LogP contribution in [0.5, 0.6) is 0 Å². The lowest BCUT2D eigenvalue weighted by molar-refractivity contribution is 0.102. The Hall–Kier alpha value is -3.19. The molecule has 0 aliphatic heterocycles. The van der Waals surface area contributed by atoms with Gasteiger partial charge in [-0.15, -0.1) is 0 Å². The van der Waals surface area contributed by atoms with Crippen LogP contribution >= 0.6 is 11.6 Å². The molecule has 0 spiro atoms. The van der Waals surface area contributed by atoms with E-state index in [9.17, 15) is 4.79 Å². The smallest absolute Gasteiger partial charge is 0.262 e. The van der Waals surface area contributed by atoms with E-state index in [1.807, 2.05) is 32.0 Å². The lowest BCUT2D eigenvalue weighted by Gasteiger charge is -2.10. The molecule has 0 saturated carbocycles. The van der Waals surface area contributed by atoms with Crippen molar-refractivity contribution in [1.29, 1.82) is 0 Å². The molecule has 4 rings (SSSR count). The standard InChI is InChI=1S/C18H15ClN6O/c1-11-4-5-14(19)15(8-11)25-16(9-12(2)23-25)22-18(26)13-10-21-24-7-3-6-20-17(13)24/h3-10H,1-2H3,(H,22,26). The molecule has 7 nitrogen and oxygen atoms in total. The summed E-state index contributed by atoms with van der Waals surface area (Å²) in [5.41, 5.74) is 3.37. The average molecular weight is 367 g/mol. The monoisotopic (exact) mass is 366 g/mol. The van der Waals surface area contributed by atoms with Gasteiger partial charge in [-0.1, -0.05) is 17.7 Å². The lowest BCUT2D eigenvalue weighted by Crippen LogP contribution is -2.15. The van der Waals surface area contributed by atoms with Gasteiger partial charge in [-0.05, 0) is 37.6 Å². The zero-order valence-electron chi connectivity index (χ0n) is 14.1. The van der Waals surface area contributed by atoms with E-state index in [0.29, 0.717) is 27.7 Å². The molecule has 0 radical (unpaired) electrons. The summed E-state index contributed by atoms with van der Waals surface area (Å²) in [4.78, 5) is 17.0. The predicted octanol–water partition coefficient (Wildman–Crippen LogP) is 3.44. The van der Waals surface area contributed by atoms with Crippen molar-refractivity contribution in [3.8, 4) is 5.69 Å². The highest BCUT2D eigenvalue weighted by molar-refractivity contribution is 6.32. The van der Waals surface area contributed by atoms with Crippen LogP contribution in [0, 0.1) is 13.8 Å². The Morgan fingerprint density at radius 2 is 2.08 bits per heavy atom. The van der Waals surface area contributed by atoms with Crippen molar-refractivity contribution < 1.29 is 4.79 Å².